The summed E-state index contributed by atoms with van der Waals surface area (Å²) in [5, 5.41) is 3.06. The Kier molecular flexibility index (Phi) is 7.66. The number of likely N-dealkylation sites (tertiary alicyclic amines) is 1. The molecule has 33 heavy (non-hydrogen) atoms. The Bertz CT molecular complexity index is 900. The van der Waals surface area contributed by atoms with Crippen LogP contribution in [0.15, 0.2) is 48.5 Å². The lowest BCUT2D eigenvalue weighted by Crippen LogP contribution is -2.44. The largest absolute Gasteiger partial charge is 0.492 e. The normalized spacial score (nSPS) is 23.1. The molecule has 1 amide bonds. The van der Waals surface area contributed by atoms with Crippen LogP contribution in [0.3, 0.4) is 0 Å². The first-order chi connectivity index (χ1) is 15.9. The molecule has 0 aliphatic carbocycles. The van der Waals surface area contributed by atoms with Crippen LogP contribution >= 0.6 is 0 Å². The molecule has 0 saturated carbocycles. The summed E-state index contributed by atoms with van der Waals surface area (Å²) in [5.41, 5.74) is 0.828. The van der Waals surface area contributed by atoms with Crippen molar-refractivity contribution in [3.63, 3.8) is 0 Å². The Hall–Kier alpha value is -2.44. The zero-order valence-corrected chi connectivity index (χ0v) is 19.7. The monoisotopic (exact) mass is 454 g/mol. The first-order valence-electron chi connectivity index (χ1n) is 12.0. The molecule has 2 heterocycles. The second-order valence-electron chi connectivity index (χ2n) is 9.73. The molecule has 2 fully saturated rings. The predicted molar refractivity (Wildman–Crippen MR) is 128 cm³/mol. The number of nitrogens with zero attached hydrogens (tertiary/aromatic N) is 1. The van der Waals surface area contributed by atoms with Gasteiger partial charge >= 0.3 is 0 Å². The van der Waals surface area contributed by atoms with Gasteiger partial charge in [-0.25, -0.2) is 4.39 Å². The highest BCUT2D eigenvalue weighted by Crippen LogP contribution is 2.36. The highest BCUT2D eigenvalue weighted by molar-refractivity contribution is 5.99. The highest BCUT2D eigenvalue weighted by atomic mass is 19.1. The summed E-state index contributed by atoms with van der Waals surface area (Å²) < 4.78 is 24.9. The zero-order chi connectivity index (χ0) is 23.3. The number of halogens is 1. The van der Waals surface area contributed by atoms with Gasteiger partial charge in [-0.2, -0.15) is 0 Å². The van der Waals surface area contributed by atoms with Gasteiger partial charge in [0.05, 0.1) is 5.41 Å². The van der Waals surface area contributed by atoms with E-state index in [1.54, 1.807) is 12.1 Å². The summed E-state index contributed by atoms with van der Waals surface area (Å²) >= 11 is 0. The van der Waals surface area contributed by atoms with Crippen LogP contribution in [0.1, 0.15) is 38.7 Å². The lowest BCUT2D eigenvalue weighted by atomic mass is 9.73. The van der Waals surface area contributed by atoms with Crippen molar-refractivity contribution in [1.82, 2.24) is 4.90 Å². The fourth-order valence-electron chi connectivity index (χ4n) is 5.29. The van der Waals surface area contributed by atoms with E-state index in [0.717, 1.165) is 48.5 Å². The van der Waals surface area contributed by atoms with Crippen LogP contribution in [0.2, 0.25) is 0 Å². The number of carbonyl (C=O) groups is 1. The summed E-state index contributed by atoms with van der Waals surface area (Å²) in [7, 11) is 0. The molecule has 2 aliphatic heterocycles. The van der Waals surface area contributed by atoms with E-state index in [1.165, 1.54) is 18.6 Å². The first-order valence-corrected chi connectivity index (χ1v) is 12.0. The second kappa shape index (κ2) is 10.7. The average Bonchev–Trinajstić information content (AvgIpc) is 2.80. The molecule has 2 aromatic rings. The Labute approximate surface area is 196 Å². The van der Waals surface area contributed by atoms with Crippen LogP contribution < -0.4 is 10.1 Å². The van der Waals surface area contributed by atoms with E-state index < -0.39 is 5.41 Å². The second-order valence-corrected chi connectivity index (χ2v) is 9.73. The summed E-state index contributed by atoms with van der Waals surface area (Å²) in [6.07, 6.45) is 2.44. The van der Waals surface area contributed by atoms with Crippen molar-refractivity contribution in [1.29, 1.82) is 0 Å². The number of ether oxygens (including phenoxy) is 2. The van der Waals surface area contributed by atoms with Gasteiger partial charge in [0, 0.05) is 38.5 Å². The molecule has 2 atom stereocenters. The van der Waals surface area contributed by atoms with E-state index in [9.17, 15) is 9.18 Å². The van der Waals surface area contributed by atoms with Crippen LogP contribution in [0.4, 0.5) is 10.1 Å². The third kappa shape index (κ3) is 5.92. The summed E-state index contributed by atoms with van der Waals surface area (Å²) in [6, 6.07) is 13.8. The molecule has 178 valence electrons. The molecule has 4 rings (SSSR count). The van der Waals surface area contributed by atoms with E-state index in [-0.39, 0.29) is 11.7 Å². The van der Waals surface area contributed by atoms with Crippen LogP contribution in [0, 0.1) is 17.7 Å². The summed E-state index contributed by atoms with van der Waals surface area (Å²) in [5.74, 6) is 1.89. The number of rotatable bonds is 7. The van der Waals surface area contributed by atoms with Crippen molar-refractivity contribution in [3.8, 4) is 5.75 Å². The van der Waals surface area contributed by atoms with Gasteiger partial charge in [-0.15, -0.1) is 0 Å². The van der Waals surface area contributed by atoms with Crippen LogP contribution in [0.25, 0.3) is 0 Å². The molecule has 0 bridgehead atoms. The standard InChI is InChI=1S/C27H35FN2O3/c1-20-17-21(2)19-30(18-20)13-16-33-25-9-7-24(8-10-25)29-26(31)27(11-14-32-15-12-27)22-3-5-23(28)6-4-22/h3-10,20-21H,11-19H2,1-2H3,(H,29,31)/t20-,21+. The molecular formula is C27H35FN2O3. The van der Waals surface area contributed by atoms with Crippen molar-refractivity contribution < 1.29 is 18.7 Å². The van der Waals surface area contributed by atoms with E-state index in [4.69, 9.17) is 9.47 Å². The van der Waals surface area contributed by atoms with E-state index in [0.29, 0.717) is 32.7 Å². The number of anilines is 1. The van der Waals surface area contributed by atoms with Gasteiger partial charge in [0.1, 0.15) is 18.2 Å². The molecule has 0 unspecified atom stereocenters. The maximum atomic E-state index is 13.5. The number of piperidine rings is 1. The van der Waals surface area contributed by atoms with Gasteiger partial charge in [0.2, 0.25) is 5.91 Å². The van der Waals surface area contributed by atoms with Crippen molar-refractivity contribution in [2.45, 2.75) is 38.5 Å². The smallest absolute Gasteiger partial charge is 0.235 e. The van der Waals surface area contributed by atoms with E-state index in [2.05, 4.69) is 24.1 Å². The molecule has 2 saturated heterocycles. The van der Waals surface area contributed by atoms with Crippen LogP contribution in [-0.4, -0.2) is 50.3 Å². The van der Waals surface area contributed by atoms with Gasteiger partial charge in [-0.1, -0.05) is 26.0 Å². The third-order valence-electron chi connectivity index (χ3n) is 6.91. The minimum Gasteiger partial charge on any atom is -0.492 e. The first kappa shape index (κ1) is 23.7. The molecule has 0 spiro atoms. The SMILES string of the molecule is C[C@@H]1C[C@H](C)CN(CCOc2ccc(NC(=O)C3(c4ccc(F)cc4)CCOCC3)cc2)C1. The fourth-order valence-corrected chi connectivity index (χ4v) is 5.29. The number of hydrogen-bond donors (Lipinski definition) is 1. The van der Waals surface area contributed by atoms with Gasteiger partial charge < -0.3 is 14.8 Å². The number of amides is 1. The highest BCUT2D eigenvalue weighted by Gasteiger charge is 2.41. The minimum absolute atomic E-state index is 0.0839. The Morgan fingerprint density at radius 3 is 2.33 bits per heavy atom. The van der Waals surface area contributed by atoms with Crippen molar-refractivity contribution in [2.75, 3.05) is 44.8 Å². The number of carbonyl (C=O) groups excluding carboxylic acids is 1. The molecule has 6 heteroatoms. The Morgan fingerprint density at radius 2 is 1.70 bits per heavy atom. The lowest BCUT2D eigenvalue weighted by molar-refractivity contribution is -0.125. The Balaban J connectivity index is 1.34. The van der Waals surface area contributed by atoms with Crippen molar-refractivity contribution >= 4 is 11.6 Å². The molecule has 5 nitrogen and oxygen atoms in total. The van der Waals surface area contributed by atoms with Crippen molar-refractivity contribution in [2.24, 2.45) is 11.8 Å². The lowest BCUT2D eigenvalue weighted by Gasteiger charge is -2.36. The van der Waals surface area contributed by atoms with Gasteiger partial charge in [0.25, 0.3) is 0 Å². The zero-order valence-electron chi connectivity index (χ0n) is 19.7. The van der Waals surface area contributed by atoms with Crippen LogP contribution in [-0.2, 0) is 14.9 Å². The van der Waals surface area contributed by atoms with Crippen LogP contribution in [0.5, 0.6) is 5.75 Å². The molecule has 1 N–H and O–H groups in total. The number of hydrogen-bond acceptors (Lipinski definition) is 4. The van der Waals surface area contributed by atoms with E-state index >= 15 is 0 Å². The van der Waals surface area contributed by atoms with Gasteiger partial charge in [-0.3, -0.25) is 9.69 Å². The van der Waals surface area contributed by atoms with Gasteiger partial charge in [0.15, 0.2) is 0 Å². The average molecular weight is 455 g/mol. The number of nitrogens with one attached hydrogen (secondary N) is 1. The van der Waals surface area contributed by atoms with E-state index in [1.807, 2.05) is 24.3 Å². The van der Waals surface area contributed by atoms with Crippen molar-refractivity contribution in [3.05, 3.63) is 59.9 Å². The fraction of sp³-hybridized carbons (Fsp3) is 0.519. The maximum absolute atomic E-state index is 13.5. The summed E-state index contributed by atoms with van der Waals surface area (Å²) in [4.78, 5) is 15.8. The molecular weight excluding hydrogens is 419 g/mol. The predicted octanol–water partition coefficient (Wildman–Crippen LogP) is 4.87. The maximum Gasteiger partial charge on any atom is 0.235 e. The quantitative estimate of drug-likeness (QED) is 0.649. The minimum atomic E-state index is -0.718. The molecule has 0 aromatic heterocycles. The van der Waals surface area contributed by atoms with Gasteiger partial charge in [-0.05, 0) is 73.1 Å². The Morgan fingerprint density at radius 1 is 1.06 bits per heavy atom. The molecule has 2 aromatic carbocycles. The third-order valence-corrected chi connectivity index (χ3v) is 6.91. The molecule has 0 radical (unpaired) electrons. The molecule has 2 aliphatic rings. The number of benzene rings is 2. The summed E-state index contributed by atoms with van der Waals surface area (Å²) in [6.45, 7) is 9.50. The topological polar surface area (TPSA) is 50.8 Å².